The lowest BCUT2D eigenvalue weighted by Crippen LogP contribution is -2.49. The number of ether oxygens (including phenoxy) is 1. The van der Waals surface area contributed by atoms with Gasteiger partial charge in [0.15, 0.2) is 0 Å². The van der Waals surface area contributed by atoms with Crippen LogP contribution >= 0.6 is 0 Å². The topological polar surface area (TPSA) is 12.5 Å². The van der Waals surface area contributed by atoms with Crippen molar-refractivity contribution in [3.8, 4) is 0 Å². The van der Waals surface area contributed by atoms with Crippen LogP contribution in [0.3, 0.4) is 0 Å². The largest absolute Gasteiger partial charge is 0.458 e. The van der Waals surface area contributed by atoms with E-state index in [0.717, 1.165) is 23.7 Å². The Bertz CT molecular complexity index is 447. The fourth-order valence-corrected chi connectivity index (χ4v) is 5.72. The van der Waals surface area contributed by atoms with Crippen LogP contribution in [0.2, 0.25) is 0 Å². The molecule has 0 saturated heterocycles. The fraction of sp³-hybridized carbons (Fsp3) is 0.900. The summed E-state index contributed by atoms with van der Waals surface area (Å²) in [6.07, 6.45) is 8.07. The summed E-state index contributed by atoms with van der Waals surface area (Å²) in [6.45, 7) is 14.7. The molecule has 0 N–H and O–H groups in total. The molecule has 2 aliphatic carbocycles. The van der Waals surface area contributed by atoms with E-state index in [-0.39, 0.29) is 0 Å². The van der Waals surface area contributed by atoms with E-state index in [1.165, 1.54) is 50.0 Å². The van der Waals surface area contributed by atoms with Crippen LogP contribution in [0, 0.1) is 34.5 Å². The van der Waals surface area contributed by atoms with Crippen molar-refractivity contribution in [1.82, 2.24) is 0 Å². The van der Waals surface area contributed by atoms with E-state index in [1.807, 2.05) is 0 Å². The lowest BCUT2D eigenvalue weighted by Gasteiger charge is -2.54. The molecule has 1 nitrogen and oxygen atoms in total. The van der Waals surface area contributed by atoms with Gasteiger partial charge in [-0.3, -0.25) is 0 Å². The fourth-order valence-electron chi connectivity index (χ4n) is 5.72. The van der Waals surface area contributed by atoms with E-state index in [2.05, 4.69) is 41.5 Å². The van der Waals surface area contributed by atoms with Gasteiger partial charge in [-0.05, 0) is 41.9 Å². The molecule has 1 heterocycles. The summed E-state index contributed by atoms with van der Waals surface area (Å²) in [5, 5.41) is 0. The Hall–Kier alpha value is -0.460. The first-order valence-corrected chi connectivity index (χ1v) is 9.22. The van der Waals surface area contributed by atoms with Crippen molar-refractivity contribution in [1.29, 1.82) is 0 Å². The molecule has 5 atom stereocenters. The van der Waals surface area contributed by atoms with Crippen LogP contribution in [0.4, 0.5) is 0 Å². The maximum Gasteiger partial charge on any atom is 0.148 e. The molecule has 0 unspecified atom stereocenters. The van der Waals surface area contributed by atoms with Crippen molar-refractivity contribution in [3.05, 3.63) is 11.5 Å². The van der Waals surface area contributed by atoms with Gasteiger partial charge in [0.2, 0.25) is 0 Å². The van der Waals surface area contributed by atoms with E-state index < -0.39 is 0 Å². The standard InChI is InChI=1S/C20H34O/c1-7-13(2)8-10-15-14(3)9-11-17-19(4,5)12-16-18(21-16)20(15,17)6/h13-15,17H,7-12H2,1-6H3/t13-,14+,15+,17+,20-/m1/s1. The molecule has 3 aliphatic rings. The van der Waals surface area contributed by atoms with Crippen molar-refractivity contribution in [2.45, 2.75) is 80.1 Å². The van der Waals surface area contributed by atoms with Crippen molar-refractivity contribution >= 4 is 0 Å². The molecule has 0 bridgehead atoms. The summed E-state index contributed by atoms with van der Waals surface area (Å²) >= 11 is 0. The number of fused-ring (bicyclic) bond motifs is 2. The Kier molecular flexibility index (Phi) is 3.70. The van der Waals surface area contributed by atoms with E-state index in [9.17, 15) is 0 Å². The first-order chi connectivity index (χ1) is 9.80. The highest BCUT2D eigenvalue weighted by Crippen LogP contribution is 2.68. The minimum atomic E-state index is 0.322. The van der Waals surface area contributed by atoms with E-state index >= 15 is 0 Å². The van der Waals surface area contributed by atoms with Crippen LogP contribution < -0.4 is 0 Å². The van der Waals surface area contributed by atoms with Gasteiger partial charge >= 0.3 is 0 Å². The monoisotopic (exact) mass is 290 g/mol. The van der Waals surface area contributed by atoms with Gasteiger partial charge < -0.3 is 4.74 Å². The summed E-state index contributed by atoms with van der Waals surface area (Å²) in [4.78, 5) is 0. The number of hydrogen-bond donors (Lipinski definition) is 0. The molecular weight excluding hydrogens is 256 g/mol. The third-order valence-corrected chi connectivity index (χ3v) is 7.24. The molecule has 0 radical (unpaired) electrons. The van der Waals surface area contributed by atoms with Crippen LogP contribution in [-0.2, 0) is 4.74 Å². The highest BCUT2D eigenvalue weighted by molar-refractivity contribution is 5.34. The van der Waals surface area contributed by atoms with Crippen LogP contribution in [0.1, 0.15) is 80.1 Å². The van der Waals surface area contributed by atoms with Gasteiger partial charge in [-0.15, -0.1) is 0 Å². The molecule has 120 valence electrons. The molecule has 1 fully saturated rings. The first kappa shape index (κ1) is 15.4. The molecule has 21 heavy (non-hydrogen) atoms. The normalized spacial score (nSPS) is 41.9. The van der Waals surface area contributed by atoms with E-state index in [4.69, 9.17) is 4.74 Å². The van der Waals surface area contributed by atoms with Crippen molar-refractivity contribution < 1.29 is 4.74 Å². The van der Waals surface area contributed by atoms with Gasteiger partial charge in [-0.25, -0.2) is 0 Å². The summed E-state index contributed by atoms with van der Waals surface area (Å²) in [5.41, 5.74) is 0.737. The summed E-state index contributed by atoms with van der Waals surface area (Å²) < 4.78 is 6.03. The summed E-state index contributed by atoms with van der Waals surface area (Å²) in [7, 11) is 0. The lowest BCUT2D eigenvalue weighted by atomic mass is 9.48. The van der Waals surface area contributed by atoms with Gasteiger partial charge in [-0.2, -0.15) is 0 Å². The smallest absolute Gasteiger partial charge is 0.148 e. The van der Waals surface area contributed by atoms with Gasteiger partial charge in [0, 0.05) is 11.8 Å². The Morgan fingerprint density at radius 3 is 2.62 bits per heavy atom. The third kappa shape index (κ3) is 2.35. The number of rotatable bonds is 4. The predicted molar refractivity (Wildman–Crippen MR) is 88.7 cm³/mol. The average Bonchev–Trinajstić information content (AvgIpc) is 3.16. The Labute approximate surface area is 131 Å². The Balaban J connectivity index is 1.87. The third-order valence-electron chi connectivity index (χ3n) is 7.24. The van der Waals surface area contributed by atoms with Crippen molar-refractivity contribution in [2.75, 3.05) is 0 Å². The molecule has 0 amide bonds. The molecule has 1 saturated carbocycles. The summed E-state index contributed by atoms with van der Waals surface area (Å²) in [5.74, 6) is 6.10. The first-order valence-electron chi connectivity index (χ1n) is 9.22. The second-order valence-corrected chi connectivity index (χ2v) is 9.11. The zero-order valence-electron chi connectivity index (χ0n) is 15.0. The molecule has 0 aromatic rings. The van der Waals surface area contributed by atoms with Crippen LogP contribution in [0.15, 0.2) is 11.5 Å². The highest BCUT2D eigenvalue weighted by atomic mass is 16.6. The molecule has 0 spiro atoms. The second-order valence-electron chi connectivity index (χ2n) is 9.11. The SMILES string of the molecule is CC[C@@H](C)CC[C@H]1[C@@H](C)CC[C@H]2C(C)(C)CC3=C(O3)[C@]12C. The van der Waals surface area contributed by atoms with E-state index in [0.29, 0.717) is 10.8 Å². The van der Waals surface area contributed by atoms with Crippen molar-refractivity contribution in [2.24, 2.45) is 34.5 Å². The van der Waals surface area contributed by atoms with Gasteiger partial charge in [-0.1, -0.05) is 60.8 Å². The molecule has 0 aromatic carbocycles. The number of hydrogen-bond acceptors (Lipinski definition) is 1. The van der Waals surface area contributed by atoms with Crippen LogP contribution in [-0.4, -0.2) is 0 Å². The molecule has 1 aliphatic heterocycles. The zero-order valence-corrected chi connectivity index (χ0v) is 15.0. The quantitative estimate of drug-likeness (QED) is 0.604. The number of allylic oxidation sites excluding steroid dienone is 2. The molecule has 1 heteroatoms. The van der Waals surface area contributed by atoms with Gasteiger partial charge in [0.25, 0.3) is 0 Å². The molecule has 3 rings (SSSR count). The van der Waals surface area contributed by atoms with Gasteiger partial charge in [0.05, 0.1) is 0 Å². The maximum absolute atomic E-state index is 6.03. The molecule has 0 aromatic heterocycles. The van der Waals surface area contributed by atoms with Gasteiger partial charge in [0.1, 0.15) is 11.5 Å². The average molecular weight is 290 g/mol. The summed E-state index contributed by atoms with van der Waals surface area (Å²) in [6, 6.07) is 0. The van der Waals surface area contributed by atoms with Crippen molar-refractivity contribution in [3.63, 3.8) is 0 Å². The maximum atomic E-state index is 6.03. The Morgan fingerprint density at radius 1 is 1.24 bits per heavy atom. The zero-order chi connectivity index (χ0) is 15.4. The Morgan fingerprint density at radius 2 is 1.95 bits per heavy atom. The minimum absolute atomic E-state index is 0.322. The van der Waals surface area contributed by atoms with Crippen LogP contribution in [0.25, 0.3) is 0 Å². The highest BCUT2D eigenvalue weighted by Gasteiger charge is 2.62. The predicted octanol–water partition coefficient (Wildman–Crippen LogP) is 6.15. The second kappa shape index (κ2) is 5.03. The minimum Gasteiger partial charge on any atom is -0.458 e. The molecular formula is C20H34O. The van der Waals surface area contributed by atoms with Crippen LogP contribution in [0.5, 0.6) is 0 Å². The van der Waals surface area contributed by atoms with E-state index in [1.54, 1.807) is 0 Å². The lowest BCUT2D eigenvalue weighted by molar-refractivity contribution is -0.0438.